The highest BCUT2D eigenvalue weighted by atomic mass is 32.2. The van der Waals surface area contributed by atoms with Crippen LogP contribution in [-0.4, -0.2) is 68.3 Å². The Morgan fingerprint density at radius 1 is 1.08 bits per heavy atom. The second-order valence-electron chi connectivity index (χ2n) is 9.23. The molecule has 0 saturated heterocycles. The van der Waals surface area contributed by atoms with Gasteiger partial charge in [-0.25, -0.2) is 12.8 Å². The van der Waals surface area contributed by atoms with E-state index in [0.717, 1.165) is 49.9 Å². The number of alkyl halides is 2. The molecule has 2 amide bonds. The van der Waals surface area contributed by atoms with Crippen LogP contribution in [0.5, 0.6) is 5.75 Å². The first-order valence-corrected chi connectivity index (χ1v) is 13.6. The molecule has 13 heteroatoms. The maximum absolute atomic E-state index is 14.4. The maximum atomic E-state index is 14.4. The zero-order valence-corrected chi connectivity index (χ0v) is 20.6. The molecule has 3 N–H and O–H groups in total. The summed E-state index contributed by atoms with van der Waals surface area (Å²) in [5, 5.41) is 7.07. The molecule has 3 rings (SSSR count). The number of nitrogens with one attached hydrogen (secondary N) is 3. The quantitative estimate of drug-likeness (QED) is 0.290. The first-order chi connectivity index (χ1) is 16.9. The Labute approximate surface area is 207 Å². The van der Waals surface area contributed by atoms with E-state index in [0.29, 0.717) is 0 Å². The summed E-state index contributed by atoms with van der Waals surface area (Å²) in [5.41, 5.74) is 0. The van der Waals surface area contributed by atoms with E-state index in [4.69, 9.17) is 0 Å². The third-order valence-electron chi connectivity index (χ3n) is 5.74. The molecule has 2 saturated carbocycles. The Hall–Kier alpha value is -2.67. The topological polar surface area (TPSA) is 131 Å². The van der Waals surface area contributed by atoms with E-state index in [-0.39, 0.29) is 29.9 Å². The SMILES string of the molecule is CC[C@H](NC(=O)[C@H](CS(=O)(=O)CC1CC1)NCC(F)(F)Oc1ccc(F)cc1)C(=O)C(=O)NC1CC1. The van der Waals surface area contributed by atoms with Crippen molar-refractivity contribution in [1.29, 1.82) is 0 Å². The Morgan fingerprint density at radius 3 is 2.28 bits per heavy atom. The van der Waals surface area contributed by atoms with Crippen molar-refractivity contribution in [1.82, 2.24) is 16.0 Å². The van der Waals surface area contributed by atoms with Crippen LogP contribution in [0.4, 0.5) is 13.2 Å². The van der Waals surface area contributed by atoms with E-state index in [9.17, 15) is 36.0 Å². The normalized spacial score (nSPS) is 17.7. The Bertz CT molecular complexity index is 1060. The van der Waals surface area contributed by atoms with Crippen LogP contribution in [0.15, 0.2) is 24.3 Å². The molecular formula is C23H30F3N3O6S. The predicted octanol–water partition coefficient (Wildman–Crippen LogP) is 1.32. The standard InChI is InChI=1S/C23H30F3N3O6S/c1-2-18(20(30)22(32)28-16-7-8-16)29-21(31)19(12-36(33,34)11-14-3-4-14)27-13-23(25,26)35-17-9-5-15(24)6-10-17/h5-6,9-10,14,16,18-19,27H,2-4,7-8,11-13H2,1H3,(H,28,32)(H,29,31)/t18-,19-/m0/s1. The van der Waals surface area contributed by atoms with E-state index in [1.165, 1.54) is 0 Å². The van der Waals surface area contributed by atoms with Gasteiger partial charge in [0, 0.05) is 6.04 Å². The molecule has 2 aliphatic rings. The van der Waals surface area contributed by atoms with Crippen molar-refractivity contribution in [3.63, 3.8) is 0 Å². The summed E-state index contributed by atoms with van der Waals surface area (Å²) in [5.74, 6) is -4.74. The second-order valence-corrected chi connectivity index (χ2v) is 11.4. The van der Waals surface area contributed by atoms with Crippen LogP contribution in [0.2, 0.25) is 0 Å². The fourth-order valence-corrected chi connectivity index (χ4v) is 5.38. The van der Waals surface area contributed by atoms with Crippen LogP contribution >= 0.6 is 0 Å². The number of rotatable bonds is 15. The number of ether oxygens (including phenoxy) is 1. The molecule has 2 aliphatic carbocycles. The lowest BCUT2D eigenvalue weighted by Gasteiger charge is -2.24. The Morgan fingerprint density at radius 2 is 1.72 bits per heavy atom. The van der Waals surface area contributed by atoms with Crippen molar-refractivity contribution in [3.8, 4) is 5.75 Å². The molecular weight excluding hydrogens is 503 g/mol. The smallest absolute Gasteiger partial charge is 0.410 e. The summed E-state index contributed by atoms with van der Waals surface area (Å²) in [6, 6.07) is 0.893. The molecule has 0 unspecified atom stereocenters. The number of hydrogen-bond donors (Lipinski definition) is 3. The number of carbonyl (C=O) groups is 3. The summed E-state index contributed by atoms with van der Waals surface area (Å²) in [4.78, 5) is 37.5. The van der Waals surface area contributed by atoms with Crippen molar-refractivity contribution < 1.29 is 40.7 Å². The summed E-state index contributed by atoms with van der Waals surface area (Å²) < 4.78 is 71.5. The molecule has 0 aliphatic heterocycles. The first-order valence-electron chi connectivity index (χ1n) is 11.8. The van der Waals surface area contributed by atoms with Crippen LogP contribution in [0.3, 0.4) is 0 Å². The molecule has 0 heterocycles. The van der Waals surface area contributed by atoms with Crippen molar-refractivity contribution in [2.24, 2.45) is 5.92 Å². The van der Waals surface area contributed by atoms with Crippen molar-refractivity contribution in [2.45, 2.75) is 63.3 Å². The number of carbonyl (C=O) groups excluding carboxylic acids is 3. The van der Waals surface area contributed by atoms with E-state index < -0.39 is 63.7 Å². The molecule has 1 aromatic carbocycles. The van der Waals surface area contributed by atoms with Gasteiger partial charge < -0.3 is 15.4 Å². The molecule has 0 spiro atoms. The Balaban J connectivity index is 1.66. The van der Waals surface area contributed by atoms with Crippen LogP contribution in [0.25, 0.3) is 0 Å². The molecule has 36 heavy (non-hydrogen) atoms. The van der Waals surface area contributed by atoms with Gasteiger partial charge in [0.1, 0.15) is 24.2 Å². The van der Waals surface area contributed by atoms with Gasteiger partial charge >= 0.3 is 6.11 Å². The van der Waals surface area contributed by atoms with Gasteiger partial charge in [-0.15, -0.1) is 0 Å². The number of halogens is 3. The summed E-state index contributed by atoms with van der Waals surface area (Å²) >= 11 is 0. The summed E-state index contributed by atoms with van der Waals surface area (Å²) in [6.07, 6.45) is -0.873. The Kier molecular flexibility index (Phi) is 8.98. The van der Waals surface area contributed by atoms with Crippen molar-refractivity contribution in [2.75, 3.05) is 18.1 Å². The molecule has 0 radical (unpaired) electrons. The fraction of sp³-hybridized carbons (Fsp3) is 0.609. The molecule has 0 aromatic heterocycles. The molecule has 2 fully saturated rings. The minimum atomic E-state index is -3.87. The van der Waals surface area contributed by atoms with Crippen LogP contribution < -0.4 is 20.7 Å². The molecule has 2 atom stereocenters. The van der Waals surface area contributed by atoms with Gasteiger partial charge in [0.05, 0.1) is 17.5 Å². The van der Waals surface area contributed by atoms with Gasteiger partial charge in [-0.05, 0) is 62.3 Å². The zero-order valence-electron chi connectivity index (χ0n) is 19.8. The minimum absolute atomic E-state index is 0.0296. The van der Waals surface area contributed by atoms with Gasteiger partial charge in [-0.1, -0.05) is 6.92 Å². The van der Waals surface area contributed by atoms with E-state index in [2.05, 4.69) is 20.7 Å². The van der Waals surface area contributed by atoms with Gasteiger partial charge in [0.2, 0.25) is 11.7 Å². The van der Waals surface area contributed by atoms with Gasteiger partial charge in [0.15, 0.2) is 9.84 Å². The highest BCUT2D eigenvalue weighted by Crippen LogP contribution is 2.30. The van der Waals surface area contributed by atoms with Crippen LogP contribution in [0, 0.1) is 11.7 Å². The second kappa shape index (κ2) is 11.6. The molecule has 9 nitrogen and oxygen atoms in total. The van der Waals surface area contributed by atoms with E-state index >= 15 is 0 Å². The molecule has 0 bridgehead atoms. The first kappa shape index (κ1) is 27.9. The lowest BCUT2D eigenvalue weighted by atomic mass is 10.1. The zero-order chi connectivity index (χ0) is 26.5. The maximum Gasteiger partial charge on any atom is 0.410 e. The number of hydrogen-bond acceptors (Lipinski definition) is 7. The summed E-state index contributed by atoms with van der Waals surface area (Å²) in [6.45, 7) is 0.304. The monoisotopic (exact) mass is 533 g/mol. The largest absolute Gasteiger partial charge is 0.432 e. The number of benzene rings is 1. The van der Waals surface area contributed by atoms with Crippen LogP contribution in [0.1, 0.15) is 39.0 Å². The lowest BCUT2D eigenvalue weighted by Crippen LogP contribution is -2.56. The van der Waals surface area contributed by atoms with E-state index in [1.54, 1.807) is 6.92 Å². The number of ketones is 1. The molecule has 200 valence electrons. The highest BCUT2D eigenvalue weighted by Gasteiger charge is 2.38. The highest BCUT2D eigenvalue weighted by molar-refractivity contribution is 7.91. The fourth-order valence-electron chi connectivity index (χ4n) is 3.41. The number of sulfone groups is 1. The number of amides is 2. The van der Waals surface area contributed by atoms with Gasteiger partial charge in [-0.2, -0.15) is 8.78 Å². The number of Topliss-reactive ketones (excluding diaryl/α,β-unsaturated/α-hetero) is 1. The predicted molar refractivity (Wildman–Crippen MR) is 124 cm³/mol. The molecule has 1 aromatic rings. The third kappa shape index (κ3) is 9.08. The summed E-state index contributed by atoms with van der Waals surface area (Å²) in [7, 11) is -3.80. The lowest BCUT2D eigenvalue weighted by molar-refractivity contribution is -0.172. The van der Waals surface area contributed by atoms with Crippen LogP contribution in [-0.2, 0) is 24.2 Å². The van der Waals surface area contributed by atoms with E-state index in [1.807, 2.05) is 0 Å². The van der Waals surface area contributed by atoms with Crippen molar-refractivity contribution in [3.05, 3.63) is 30.1 Å². The minimum Gasteiger partial charge on any atom is -0.432 e. The van der Waals surface area contributed by atoms with Gasteiger partial charge in [0.25, 0.3) is 5.91 Å². The average molecular weight is 534 g/mol. The third-order valence-corrected chi connectivity index (χ3v) is 7.56. The average Bonchev–Trinajstić information content (AvgIpc) is 3.73. The van der Waals surface area contributed by atoms with Crippen molar-refractivity contribution >= 4 is 27.4 Å². The van der Waals surface area contributed by atoms with Gasteiger partial charge in [-0.3, -0.25) is 19.7 Å².